The fourth-order valence-electron chi connectivity index (χ4n) is 1.30. The molecule has 0 fully saturated rings. The fraction of sp³-hybridized carbons (Fsp3) is 0. The van der Waals surface area contributed by atoms with Crippen molar-refractivity contribution in [2.75, 3.05) is 5.32 Å². The summed E-state index contributed by atoms with van der Waals surface area (Å²) in [6.45, 7) is 0. The monoisotopic (exact) mass is 188 g/mol. The van der Waals surface area contributed by atoms with E-state index in [4.69, 9.17) is 5.11 Å². The van der Waals surface area contributed by atoms with Crippen LogP contribution in [0.4, 0.5) is 5.69 Å². The molecule has 0 spiro atoms. The molecule has 2 rings (SSSR count). The maximum Gasteiger partial charge on any atom is 0.337 e. The lowest BCUT2D eigenvalue weighted by Gasteiger charge is -2.07. The van der Waals surface area contributed by atoms with Gasteiger partial charge in [0.25, 0.3) is 0 Å². The van der Waals surface area contributed by atoms with E-state index in [2.05, 4.69) is 10.3 Å². The highest BCUT2D eigenvalue weighted by Gasteiger charge is 2.12. The highest BCUT2D eigenvalue weighted by Crippen LogP contribution is 2.21. The number of carboxylic acids is 1. The second kappa shape index (κ2) is 3.33. The number of nitrogens with zero attached hydrogens (tertiary/aromatic N) is 1. The molecule has 2 N–H and O–H groups in total. The van der Waals surface area contributed by atoms with Gasteiger partial charge in [-0.15, -0.1) is 0 Å². The predicted molar refractivity (Wildman–Crippen MR) is 53.8 cm³/mol. The van der Waals surface area contributed by atoms with E-state index in [1.165, 1.54) is 0 Å². The van der Waals surface area contributed by atoms with Gasteiger partial charge in [0.1, 0.15) is 0 Å². The minimum atomic E-state index is -0.946. The highest BCUT2D eigenvalue weighted by molar-refractivity contribution is 6.01. The molecule has 0 aliphatic carbocycles. The van der Waals surface area contributed by atoms with E-state index < -0.39 is 5.97 Å². The predicted octanol–water partition coefficient (Wildman–Crippen LogP) is 1.70. The third kappa shape index (κ3) is 1.37. The summed E-state index contributed by atoms with van der Waals surface area (Å²) >= 11 is 0. The maximum absolute atomic E-state index is 10.9. The Morgan fingerprint density at radius 1 is 1.43 bits per heavy atom. The molecule has 4 nitrogen and oxygen atoms in total. The Balaban J connectivity index is 2.61. The van der Waals surface area contributed by atoms with E-state index in [-0.39, 0.29) is 5.56 Å². The van der Waals surface area contributed by atoms with Crippen LogP contribution >= 0.6 is 0 Å². The van der Waals surface area contributed by atoms with Crippen molar-refractivity contribution in [1.29, 1.82) is 0 Å². The van der Waals surface area contributed by atoms with Gasteiger partial charge < -0.3 is 10.4 Å². The van der Waals surface area contributed by atoms with Gasteiger partial charge in [-0.1, -0.05) is 12.1 Å². The lowest BCUT2D eigenvalue weighted by atomic mass is 10.1. The molecule has 0 aromatic heterocycles. The first kappa shape index (κ1) is 8.50. The molecular weight excluding hydrogens is 180 g/mol. The zero-order valence-corrected chi connectivity index (χ0v) is 7.27. The lowest BCUT2D eigenvalue weighted by molar-refractivity contribution is 0.0698. The van der Waals surface area contributed by atoms with Gasteiger partial charge in [0.05, 0.1) is 11.3 Å². The summed E-state index contributed by atoms with van der Waals surface area (Å²) in [4.78, 5) is 14.8. The lowest BCUT2D eigenvalue weighted by Crippen LogP contribution is -2.04. The van der Waals surface area contributed by atoms with Crippen molar-refractivity contribution >= 4 is 17.9 Å². The average molecular weight is 188 g/mol. The van der Waals surface area contributed by atoms with Crippen molar-refractivity contribution in [2.45, 2.75) is 0 Å². The second-order valence-electron chi connectivity index (χ2n) is 2.81. The van der Waals surface area contributed by atoms with E-state index in [0.717, 1.165) is 5.56 Å². The van der Waals surface area contributed by atoms with E-state index in [1.807, 2.05) is 6.07 Å². The first-order valence-corrected chi connectivity index (χ1v) is 4.10. The first-order valence-electron chi connectivity index (χ1n) is 4.10. The first-order chi connectivity index (χ1) is 6.79. The molecule has 0 radical (unpaired) electrons. The quantitative estimate of drug-likeness (QED) is 0.705. The fourth-order valence-corrected chi connectivity index (χ4v) is 1.30. The van der Waals surface area contributed by atoms with Crippen LogP contribution in [0, 0.1) is 0 Å². The molecule has 4 heteroatoms. The van der Waals surface area contributed by atoms with Gasteiger partial charge in [0.2, 0.25) is 0 Å². The molecule has 0 atom stereocenters. The molecule has 0 unspecified atom stereocenters. The number of benzene rings is 1. The van der Waals surface area contributed by atoms with Crippen LogP contribution in [0.5, 0.6) is 0 Å². The Hall–Kier alpha value is -2.10. The molecule has 0 amide bonds. The van der Waals surface area contributed by atoms with Crippen LogP contribution in [0.25, 0.3) is 0 Å². The molecule has 1 heterocycles. The van der Waals surface area contributed by atoms with Crippen LogP contribution in [0.3, 0.4) is 0 Å². The maximum atomic E-state index is 10.9. The van der Waals surface area contributed by atoms with E-state index in [1.54, 1.807) is 30.7 Å². The number of carbonyl (C=O) groups is 1. The molecular formula is C10H8N2O2. The van der Waals surface area contributed by atoms with E-state index >= 15 is 0 Å². The molecule has 0 bridgehead atoms. The number of para-hydroxylation sites is 1. The molecule has 0 saturated heterocycles. The van der Waals surface area contributed by atoms with E-state index in [0.29, 0.717) is 5.69 Å². The summed E-state index contributed by atoms with van der Waals surface area (Å²) in [5, 5.41) is 11.8. The number of hydrogen-bond donors (Lipinski definition) is 2. The minimum absolute atomic E-state index is 0.250. The van der Waals surface area contributed by atoms with Crippen molar-refractivity contribution in [2.24, 2.45) is 4.99 Å². The van der Waals surface area contributed by atoms with Crippen LogP contribution in [-0.4, -0.2) is 17.3 Å². The molecule has 1 aromatic rings. The molecule has 1 aliphatic rings. The number of hydrogen-bond acceptors (Lipinski definition) is 3. The highest BCUT2D eigenvalue weighted by atomic mass is 16.4. The Labute approximate surface area is 80.6 Å². The summed E-state index contributed by atoms with van der Waals surface area (Å²) < 4.78 is 0. The Morgan fingerprint density at radius 2 is 2.29 bits per heavy atom. The van der Waals surface area contributed by atoms with Gasteiger partial charge in [-0.05, 0) is 6.07 Å². The number of nitrogens with one attached hydrogen (secondary N) is 1. The Morgan fingerprint density at radius 3 is 3.07 bits per heavy atom. The van der Waals surface area contributed by atoms with Crippen molar-refractivity contribution in [3.63, 3.8) is 0 Å². The Bertz CT molecular complexity index is 436. The summed E-state index contributed by atoms with van der Waals surface area (Å²) in [7, 11) is 0. The molecule has 1 aromatic carbocycles. The van der Waals surface area contributed by atoms with Crippen molar-refractivity contribution in [3.05, 3.63) is 41.7 Å². The van der Waals surface area contributed by atoms with Crippen LogP contribution in [0.15, 0.2) is 35.6 Å². The zero-order valence-electron chi connectivity index (χ0n) is 7.27. The van der Waals surface area contributed by atoms with Gasteiger partial charge in [-0.2, -0.15) is 0 Å². The molecule has 1 aliphatic heterocycles. The standard InChI is InChI=1S/C10H8N2O2/c13-10(14)8-3-1-2-7-6-11-4-5-12-9(7)8/h1-6,12H,(H,13,14). The van der Waals surface area contributed by atoms with Gasteiger partial charge in [0.15, 0.2) is 0 Å². The molecule has 0 saturated carbocycles. The number of fused-ring (bicyclic) bond motifs is 1. The summed E-state index contributed by atoms with van der Waals surface area (Å²) in [6, 6.07) is 5.06. The van der Waals surface area contributed by atoms with Crippen molar-refractivity contribution < 1.29 is 9.90 Å². The minimum Gasteiger partial charge on any atom is -0.478 e. The van der Waals surface area contributed by atoms with Crippen LogP contribution in [0.2, 0.25) is 0 Å². The van der Waals surface area contributed by atoms with Crippen LogP contribution < -0.4 is 5.32 Å². The van der Waals surface area contributed by atoms with Gasteiger partial charge in [-0.3, -0.25) is 4.99 Å². The number of rotatable bonds is 1. The van der Waals surface area contributed by atoms with Crippen molar-refractivity contribution in [1.82, 2.24) is 0 Å². The second-order valence-corrected chi connectivity index (χ2v) is 2.81. The SMILES string of the molecule is O=C(O)c1cccc2c1NC=CN=C2. The molecule has 14 heavy (non-hydrogen) atoms. The van der Waals surface area contributed by atoms with Gasteiger partial charge in [0, 0.05) is 24.2 Å². The number of carboxylic acid groups (broad SMARTS) is 1. The third-order valence-corrected chi connectivity index (χ3v) is 1.93. The number of aliphatic imine (C=N–C) groups is 1. The summed E-state index contributed by atoms with van der Waals surface area (Å²) in [5.74, 6) is -0.946. The van der Waals surface area contributed by atoms with Crippen LogP contribution in [-0.2, 0) is 0 Å². The summed E-state index contributed by atoms with van der Waals surface area (Å²) in [5.41, 5.74) is 1.60. The summed E-state index contributed by atoms with van der Waals surface area (Å²) in [6.07, 6.45) is 4.80. The number of anilines is 1. The van der Waals surface area contributed by atoms with E-state index in [9.17, 15) is 4.79 Å². The largest absolute Gasteiger partial charge is 0.478 e. The normalized spacial score (nSPS) is 12.9. The third-order valence-electron chi connectivity index (χ3n) is 1.93. The van der Waals surface area contributed by atoms with Gasteiger partial charge >= 0.3 is 5.97 Å². The number of aromatic carboxylic acids is 1. The smallest absolute Gasteiger partial charge is 0.337 e. The molecule has 70 valence electrons. The topological polar surface area (TPSA) is 61.7 Å². The Kier molecular flexibility index (Phi) is 2.02. The van der Waals surface area contributed by atoms with Crippen LogP contribution in [0.1, 0.15) is 15.9 Å². The van der Waals surface area contributed by atoms with Gasteiger partial charge in [-0.25, -0.2) is 4.79 Å². The average Bonchev–Trinajstić information content (AvgIpc) is 2.41. The zero-order chi connectivity index (χ0) is 9.97. The van der Waals surface area contributed by atoms with Crippen molar-refractivity contribution in [3.8, 4) is 0 Å².